The predicted octanol–water partition coefficient (Wildman–Crippen LogP) is 18.3. The highest BCUT2D eigenvalue weighted by atomic mass is 28.3. The highest BCUT2D eigenvalue weighted by Gasteiger charge is 2.42. The number of rotatable bonds is 12. The highest BCUT2D eigenvalue weighted by Crippen LogP contribution is 2.48. The van der Waals surface area contributed by atoms with Crippen LogP contribution in [0.5, 0.6) is 11.5 Å². The van der Waals surface area contributed by atoms with Crippen LogP contribution in [0, 0.1) is 13.2 Å². The smallest absolute Gasteiger partial charge is 0.269 e. The zero-order valence-electron chi connectivity index (χ0n) is 89.6. The molecule has 0 radical (unpaired) electrons. The molecule has 444 valence electrons. The number of aromatic nitrogens is 4. The number of benzene rings is 11. The van der Waals surface area contributed by atoms with Gasteiger partial charge in [0, 0.05) is 54.6 Å². The number of imidazole rings is 1. The molecule has 0 aliphatic heterocycles. The van der Waals surface area contributed by atoms with Crippen molar-refractivity contribution >= 4 is 61.7 Å². The van der Waals surface area contributed by atoms with Crippen LogP contribution in [0.25, 0.3) is 83.4 Å². The van der Waals surface area contributed by atoms with Gasteiger partial charge in [-0.25, -0.2) is 4.98 Å². The molecule has 14 aromatic rings. The van der Waals surface area contributed by atoms with Gasteiger partial charge in [-0.1, -0.05) is 272 Å². The van der Waals surface area contributed by atoms with Gasteiger partial charge in [-0.15, -0.1) is 0 Å². The van der Waals surface area contributed by atoms with E-state index in [1.165, 1.54) is 59.3 Å². The molecule has 0 atom stereocenters. The van der Waals surface area contributed by atoms with Crippen LogP contribution in [0.4, 0.5) is 0 Å². The molecule has 0 saturated heterocycles. The zero-order chi connectivity index (χ0) is 97.5. The molecule has 15 rings (SSSR count). The fraction of sp³-hybridized carbons (Fsp3) is 0.153. The van der Waals surface area contributed by atoms with Crippen LogP contribution in [-0.2, 0) is 16.2 Å². The van der Waals surface area contributed by atoms with Crippen LogP contribution in [0.3, 0.4) is 0 Å². The van der Waals surface area contributed by atoms with Crippen LogP contribution in [-0.4, -0.2) is 22.2 Å². The first-order valence-corrected chi connectivity index (χ1v) is 30.5. The van der Waals surface area contributed by atoms with Crippen LogP contribution >= 0.6 is 0 Å². The maximum Gasteiger partial charge on any atom is 0.269 e. The SMILES string of the molecule is [2H]c1c([2H])c([2H])c([Si](c2c([2H])c([2H])c([2H])c([2H])c2[2H])(c2c([2H])c([2H])c([2H])c([2H])c2[2H])c2c([2H])c([2H])c([2H])c(-c3cccc(-c4c([2H])c([2H])c5c(c4[2H])C(C([2H])([2H])[2H])(C([2H])([2H])[2H])C([2H])([2H])C([2H])([2H])C5(C([2H])([2H])[2H])C([2H])([2H])[2H])c3-[n+]3[c-]n(-c4cccc(Oc5ccc6c7ccccc7n(-c7cc(C([2H])([2H])[2H])c(-c8cccc(C(C)(C)C)c8)cn7)c6c5)c4)c4ccccc43)c2[2H])c([2H])c1[2H]. The molecule has 0 bridgehead atoms. The summed E-state index contributed by atoms with van der Waals surface area (Å²) < 4.78 is 399. The first-order valence-electron chi connectivity index (χ1n) is 49.0. The second-order valence-corrected chi connectivity index (χ2v) is 26.3. The molecule has 11 aromatic carbocycles. The second-order valence-electron chi connectivity index (χ2n) is 22.8. The largest absolute Gasteiger partial charge is 0.458 e. The molecule has 1 aliphatic carbocycles. The third kappa shape index (κ3) is 10.0. The lowest BCUT2D eigenvalue weighted by Gasteiger charge is -2.42. The normalized spacial score (nSPS) is 22.1. The lowest BCUT2D eigenvalue weighted by atomic mass is 9.63. The van der Waals surface area contributed by atoms with Crippen molar-refractivity contribution in [2.75, 3.05) is 0 Å². The molecule has 0 N–H and O–H groups in total. The topological polar surface area (TPSA) is 35.9 Å². The summed E-state index contributed by atoms with van der Waals surface area (Å²) in [6, 6.07) is 6.09. The molecule has 0 amide bonds. The van der Waals surface area contributed by atoms with Gasteiger partial charge < -0.3 is 4.74 Å². The van der Waals surface area contributed by atoms with Crippen LogP contribution < -0.4 is 30.1 Å². The zero-order valence-corrected chi connectivity index (χ0v) is 49.6. The van der Waals surface area contributed by atoms with Crippen molar-refractivity contribution in [1.82, 2.24) is 14.1 Å². The Labute approximate surface area is 593 Å². The average Bonchev–Trinajstić information content (AvgIpc) is 0.712. The number of pyridine rings is 1. The molecule has 0 saturated carbocycles. The molecule has 1 aliphatic rings. The fourth-order valence-corrected chi connectivity index (χ4v) is 15.3. The number of aryl methyl sites for hydroxylation is 1. The molecular formula is C85H74N4OSi. The Bertz CT molecular complexity index is 6990. The molecule has 6 heteroatoms. The van der Waals surface area contributed by atoms with Crippen molar-refractivity contribution in [3.63, 3.8) is 0 Å². The van der Waals surface area contributed by atoms with Gasteiger partial charge in [-0.2, -0.15) is 0 Å². The van der Waals surface area contributed by atoms with E-state index in [9.17, 15) is 39.8 Å². The minimum Gasteiger partial charge on any atom is -0.458 e. The van der Waals surface area contributed by atoms with E-state index in [1.54, 1.807) is 34.9 Å². The van der Waals surface area contributed by atoms with Crippen molar-refractivity contribution < 1.29 is 65.5 Å². The third-order valence-corrected chi connectivity index (χ3v) is 20.1. The molecule has 3 aromatic heterocycles. The Morgan fingerprint density at radius 3 is 1.87 bits per heavy atom. The first-order chi connectivity index (χ1) is 61.0. The Morgan fingerprint density at radius 1 is 0.538 bits per heavy atom. The Balaban J connectivity index is 1.07. The number of nitrogens with zero attached hydrogens (tertiary/aromatic N) is 4. The molecule has 0 fully saturated rings. The van der Waals surface area contributed by atoms with Gasteiger partial charge in [0.15, 0.2) is 8.07 Å². The van der Waals surface area contributed by atoms with E-state index >= 15 is 0 Å². The summed E-state index contributed by atoms with van der Waals surface area (Å²) in [5, 5.41) is -3.66. The summed E-state index contributed by atoms with van der Waals surface area (Å²) in [6.07, 6.45) is -4.98. The molecule has 0 unspecified atom stereocenters. The van der Waals surface area contributed by atoms with E-state index in [0.717, 1.165) is 33.7 Å². The number of fused-ring (bicyclic) bond motifs is 5. The summed E-state index contributed by atoms with van der Waals surface area (Å²) in [7, 11) is -6.73. The number of hydrogen-bond acceptors (Lipinski definition) is 2. The van der Waals surface area contributed by atoms with Gasteiger partial charge in [0.05, 0.1) is 63.6 Å². The van der Waals surface area contributed by atoms with Gasteiger partial charge in [0.25, 0.3) is 6.33 Å². The lowest BCUT2D eigenvalue weighted by Crippen LogP contribution is -2.74. The molecular weight excluding hydrogens is 1120 g/mol. The van der Waals surface area contributed by atoms with Crippen LogP contribution in [0.15, 0.2) is 279 Å². The molecule has 91 heavy (non-hydrogen) atoms. The number of hydrogen-bond donors (Lipinski definition) is 0. The van der Waals surface area contributed by atoms with Gasteiger partial charge in [0.1, 0.15) is 17.3 Å². The van der Waals surface area contributed by atoms with Crippen molar-refractivity contribution in [1.29, 1.82) is 0 Å². The minimum absolute atomic E-state index is 0.00876. The first kappa shape index (κ1) is 27.9. The van der Waals surface area contributed by atoms with Crippen LogP contribution in [0.1, 0.15) is 139 Å². The molecule has 5 nitrogen and oxygen atoms in total. The fourth-order valence-electron chi connectivity index (χ4n) is 11.8. The maximum absolute atomic E-state index is 11.1. The summed E-state index contributed by atoms with van der Waals surface area (Å²) in [4.78, 5) is 4.92. The van der Waals surface area contributed by atoms with Crippen molar-refractivity contribution in [2.24, 2.45) is 0 Å². The number of para-hydroxylation sites is 4. The Morgan fingerprint density at radius 2 is 1.16 bits per heavy atom. The lowest BCUT2D eigenvalue weighted by molar-refractivity contribution is -0.571. The van der Waals surface area contributed by atoms with E-state index in [4.69, 9.17) is 26.2 Å². The minimum atomic E-state index is -6.73. The quantitative estimate of drug-likeness (QED) is 0.0529. The summed E-state index contributed by atoms with van der Waals surface area (Å²) in [5.41, 5.74) is -15.1. The van der Waals surface area contributed by atoms with E-state index in [1.807, 2.05) is 63.2 Å². The standard InChI is InChI=1S/C85H74N4OSi/c1-58-50-81(86-56-74(58)59-26-22-28-62(51-59)83(2,3)4)89-77-41-19-18-38-72(77)73-46-45-65(55-80(73)89)90-64-30-24-29-63(54-64)87-57-88(79-43-21-20-42-78(79)87)82-70(39-25-40-71(82)61-44-47-75-76(53-61)85(7,8)49-48-84(75,5)6)60-27-23-37-69(52-60)91(66-31-12-9-13-32-66,67-33-14-10-15-34-67)68-35-16-11-17-36-68/h9-47,50-56H,48-49H2,1-8H3/i1D3,5D3,6D3,7D3,8D3,9D,10D,11D,12D,13D,14D,15D,16D,17D,23D,27D,31D,32D,33D,34D,35D,36D,37D,44D,47D,48D2,49D2,52D,53D. The van der Waals surface area contributed by atoms with Gasteiger partial charge in [0.2, 0.25) is 0 Å². The Hall–Kier alpha value is -10.1. The van der Waals surface area contributed by atoms with E-state index in [-0.39, 0.29) is 45.0 Å². The van der Waals surface area contributed by atoms with Gasteiger partial charge in [-0.3, -0.25) is 13.7 Å². The Kier molecular flexibility index (Phi) is 6.88. The predicted molar refractivity (Wildman–Crippen MR) is 381 cm³/mol. The van der Waals surface area contributed by atoms with Crippen LogP contribution in [0.2, 0.25) is 0 Å². The third-order valence-electron chi connectivity index (χ3n) is 16.1. The molecule has 3 heterocycles. The van der Waals surface area contributed by atoms with E-state index in [2.05, 4.69) is 6.33 Å². The van der Waals surface area contributed by atoms with Crippen molar-refractivity contribution in [3.8, 4) is 62.1 Å². The van der Waals surface area contributed by atoms with Gasteiger partial charge in [-0.05, 0) is 149 Å². The molecule has 0 spiro atoms. The summed E-state index contributed by atoms with van der Waals surface area (Å²) in [6.45, 7) is -14.8. The average molecular weight is 1240 g/mol. The summed E-state index contributed by atoms with van der Waals surface area (Å²) >= 11 is 0. The second kappa shape index (κ2) is 22.4. The van der Waals surface area contributed by atoms with Gasteiger partial charge >= 0.3 is 0 Å². The van der Waals surface area contributed by atoms with E-state index < -0.39 is 259 Å². The van der Waals surface area contributed by atoms with Crippen molar-refractivity contribution in [3.05, 3.63) is 307 Å². The highest BCUT2D eigenvalue weighted by molar-refractivity contribution is 7.19. The monoisotopic (exact) mass is 1240 g/mol. The number of ether oxygens (including phenoxy) is 1. The van der Waals surface area contributed by atoms with E-state index in [0.29, 0.717) is 27.5 Å². The maximum atomic E-state index is 11.1. The summed E-state index contributed by atoms with van der Waals surface area (Å²) in [5.74, 6) is 0.484. The van der Waals surface area contributed by atoms with Crippen molar-refractivity contribution in [2.45, 2.75) is 84.0 Å².